The Balaban J connectivity index is 1.52. The molecule has 1 N–H and O–H groups in total. The molecule has 7 nitrogen and oxygen atoms in total. The van der Waals surface area contributed by atoms with E-state index in [2.05, 4.69) is 15.3 Å². The van der Waals surface area contributed by atoms with Gasteiger partial charge in [0.15, 0.2) is 11.5 Å². The van der Waals surface area contributed by atoms with Gasteiger partial charge in [-0.2, -0.15) is 0 Å². The van der Waals surface area contributed by atoms with Crippen LogP contribution in [0.5, 0.6) is 11.5 Å². The van der Waals surface area contributed by atoms with Crippen molar-refractivity contribution in [2.45, 2.75) is 13.5 Å². The number of aryl methyl sites for hydroxylation is 1. The summed E-state index contributed by atoms with van der Waals surface area (Å²) < 4.78 is 11.1. The minimum absolute atomic E-state index is 0.162. The summed E-state index contributed by atoms with van der Waals surface area (Å²) in [5, 5.41) is 3.15. The fourth-order valence-corrected chi connectivity index (χ4v) is 3.11. The third kappa shape index (κ3) is 4.45. The quantitative estimate of drug-likeness (QED) is 0.718. The minimum atomic E-state index is -0.162. The zero-order chi connectivity index (χ0) is 20.2. The summed E-state index contributed by atoms with van der Waals surface area (Å²) in [7, 11) is 1.76. The number of rotatable bonds is 5. The first-order valence-corrected chi connectivity index (χ1v) is 9.40. The molecule has 2 aromatic carbocycles. The molecule has 148 valence electrons. The van der Waals surface area contributed by atoms with Gasteiger partial charge in [0.2, 0.25) is 5.95 Å². The number of amides is 1. The van der Waals surface area contributed by atoms with Gasteiger partial charge in [0.25, 0.3) is 5.91 Å². The van der Waals surface area contributed by atoms with Gasteiger partial charge in [0.05, 0.1) is 0 Å². The Morgan fingerprint density at radius 3 is 2.59 bits per heavy atom. The lowest BCUT2D eigenvalue weighted by molar-refractivity contribution is 0.0779. The van der Waals surface area contributed by atoms with E-state index in [-0.39, 0.29) is 5.91 Å². The molecule has 7 heteroatoms. The van der Waals surface area contributed by atoms with E-state index in [1.807, 2.05) is 55.5 Å². The van der Waals surface area contributed by atoms with Crippen molar-refractivity contribution in [2.24, 2.45) is 0 Å². The van der Waals surface area contributed by atoms with Crippen LogP contribution in [0.1, 0.15) is 21.7 Å². The number of benzene rings is 2. The Kier molecular flexibility index (Phi) is 5.29. The van der Waals surface area contributed by atoms with Gasteiger partial charge in [-0.15, -0.1) is 0 Å². The van der Waals surface area contributed by atoms with E-state index in [4.69, 9.17) is 9.47 Å². The van der Waals surface area contributed by atoms with Crippen LogP contribution in [0.15, 0.2) is 54.6 Å². The Labute approximate surface area is 169 Å². The molecule has 1 aromatic heterocycles. The van der Waals surface area contributed by atoms with Crippen molar-refractivity contribution in [3.8, 4) is 11.5 Å². The molecule has 2 heterocycles. The summed E-state index contributed by atoms with van der Waals surface area (Å²) in [6.45, 7) is 3.41. The summed E-state index contributed by atoms with van der Waals surface area (Å²) in [5.74, 6) is 1.58. The van der Waals surface area contributed by atoms with Crippen molar-refractivity contribution in [3.63, 3.8) is 0 Å². The standard InChI is InChI=1S/C22H22N4O3/c1-15-12-18(21(27)26(2)14-16-6-4-3-5-7-16)25-22(23-15)24-17-8-9-19-20(13-17)29-11-10-28-19/h3-9,12-13H,10-11,14H2,1-2H3,(H,23,24,25). The van der Waals surface area contributed by atoms with Crippen LogP contribution >= 0.6 is 0 Å². The Morgan fingerprint density at radius 1 is 1.03 bits per heavy atom. The van der Waals surface area contributed by atoms with Crippen LogP contribution in [-0.4, -0.2) is 41.0 Å². The fourth-order valence-electron chi connectivity index (χ4n) is 3.11. The first-order valence-electron chi connectivity index (χ1n) is 9.40. The highest BCUT2D eigenvalue weighted by Gasteiger charge is 2.17. The number of carbonyl (C=O) groups excluding carboxylic acids is 1. The second kappa shape index (κ2) is 8.18. The van der Waals surface area contributed by atoms with Crippen LogP contribution in [0.25, 0.3) is 0 Å². The largest absolute Gasteiger partial charge is 0.486 e. The second-order valence-corrected chi connectivity index (χ2v) is 6.85. The molecule has 0 saturated heterocycles. The molecular formula is C22H22N4O3. The number of hydrogen-bond acceptors (Lipinski definition) is 6. The lowest BCUT2D eigenvalue weighted by Crippen LogP contribution is -2.27. The summed E-state index contributed by atoms with van der Waals surface area (Å²) in [4.78, 5) is 23.3. The monoisotopic (exact) mass is 390 g/mol. The third-order valence-corrected chi connectivity index (χ3v) is 4.48. The van der Waals surface area contributed by atoms with Gasteiger partial charge in [-0.25, -0.2) is 9.97 Å². The van der Waals surface area contributed by atoms with E-state index in [9.17, 15) is 4.79 Å². The maximum absolute atomic E-state index is 12.9. The number of aromatic nitrogens is 2. The van der Waals surface area contributed by atoms with Crippen molar-refractivity contribution >= 4 is 17.5 Å². The summed E-state index contributed by atoms with van der Waals surface area (Å²) in [6.07, 6.45) is 0. The molecule has 0 fully saturated rings. The zero-order valence-corrected chi connectivity index (χ0v) is 16.4. The number of anilines is 2. The van der Waals surface area contributed by atoms with Gasteiger partial charge in [-0.05, 0) is 30.7 Å². The fraction of sp³-hybridized carbons (Fsp3) is 0.227. The van der Waals surface area contributed by atoms with Crippen molar-refractivity contribution < 1.29 is 14.3 Å². The average molecular weight is 390 g/mol. The predicted octanol–water partition coefficient (Wildman–Crippen LogP) is 3.57. The van der Waals surface area contributed by atoms with Gasteiger partial charge < -0.3 is 19.7 Å². The van der Waals surface area contributed by atoms with Crippen LogP contribution in [0.3, 0.4) is 0 Å². The first kappa shape index (κ1) is 18.7. The van der Waals surface area contributed by atoms with Gasteiger partial charge in [0, 0.05) is 31.0 Å². The Hall–Kier alpha value is -3.61. The number of hydrogen-bond donors (Lipinski definition) is 1. The maximum atomic E-state index is 12.9. The van der Waals surface area contributed by atoms with Crippen LogP contribution in [0.4, 0.5) is 11.6 Å². The van der Waals surface area contributed by atoms with E-state index in [1.54, 1.807) is 18.0 Å². The highest BCUT2D eigenvalue weighted by atomic mass is 16.6. The topological polar surface area (TPSA) is 76.6 Å². The highest BCUT2D eigenvalue weighted by Crippen LogP contribution is 2.33. The van der Waals surface area contributed by atoms with Gasteiger partial charge in [-0.1, -0.05) is 30.3 Å². The smallest absolute Gasteiger partial charge is 0.272 e. The number of ether oxygens (including phenoxy) is 2. The molecule has 4 rings (SSSR count). The molecule has 3 aromatic rings. The summed E-state index contributed by atoms with van der Waals surface area (Å²) >= 11 is 0. The van der Waals surface area contributed by atoms with Crippen molar-refractivity contribution in [1.29, 1.82) is 0 Å². The van der Waals surface area contributed by atoms with Gasteiger partial charge >= 0.3 is 0 Å². The molecule has 0 radical (unpaired) electrons. The van der Waals surface area contributed by atoms with E-state index >= 15 is 0 Å². The predicted molar refractivity (Wildman–Crippen MR) is 110 cm³/mol. The Morgan fingerprint density at radius 2 is 1.79 bits per heavy atom. The van der Waals surface area contributed by atoms with E-state index in [1.165, 1.54) is 0 Å². The third-order valence-electron chi connectivity index (χ3n) is 4.48. The molecule has 1 aliphatic heterocycles. The molecule has 0 saturated carbocycles. The van der Waals surface area contributed by atoms with E-state index < -0.39 is 0 Å². The summed E-state index contributed by atoms with van der Waals surface area (Å²) in [6, 6.07) is 17.1. The van der Waals surface area contributed by atoms with Crippen LogP contribution in [0, 0.1) is 6.92 Å². The SMILES string of the molecule is Cc1cc(C(=O)N(C)Cc2ccccc2)nc(Nc2ccc3c(c2)OCCO3)n1. The van der Waals surface area contributed by atoms with Crippen LogP contribution in [-0.2, 0) is 6.54 Å². The molecule has 0 atom stereocenters. The Bertz CT molecular complexity index is 1020. The molecule has 0 aliphatic carbocycles. The van der Waals surface area contributed by atoms with E-state index in [0.717, 1.165) is 11.3 Å². The maximum Gasteiger partial charge on any atom is 0.272 e. The highest BCUT2D eigenvalue weighted by molar-refractivity contribution is 5.92. The lowest BCUT2D eigenvalue weighted by Gasteiger charge is -2.19. The van der Waals surface area contributed by atoms with Crippen molar-refractivity contribution in [3.05, 3.63) is 71.5 Å². The first-order chi connectivity index (χ1) is 14.1. The van der Waals surface area contributed by atoms with Crippen LogP contribution in [0.2, 0.25) is 0 Å². The number of nitrogens with one attached hydrogen (secondary N) is 1. The number of fused-ring (bicyclic) bond motifs is 1. The summed E-state index contributed by atoms with van der Waals surface area (Å²) in [5.41, 5.74) is 2.87. The molecule has 0 bridgehead atoms. The number of nitrogens with zero attached hydrogens (tertiary/aromatic N) is 3. The normalized spacial score (nSPS) is 12.3. The van der Waals surface area contributed by atoms with Crippen molar-refractivity contribution in [1.82, 2.24) is 14.9 Å². The number of carbonyl (C=O) groups is 1. The molecule has 0 unspecified atom stereocenters. The zero-order valence-electron chi connectivity index (χ0n) is 16.4. The van der Waals surface area contributed by atoms with E-state index in [0.29, 0.717) is 48.6 Å². The van der Waals surface area contributed by atoms with Gasteiger partial charge in [-0.3, -0.25) is 4.79 Å². The minimum Gasteiger partial charge on any atom is -0.486 e. The molecular weight excluding hydrogens is 368 g/mol. The molecule has 1 aliphatic rings. The van der Waals surface area contributed by atoms with Crippen molar-refractivity contribution in [2.75, 3.05) is 25.6 Å². The molecule has 29 heavy (non-hydrogen) atoms. The molecule has 1 amide bonds. The molecule has 0 spiro atoms. The lowest BCUT2D eigenvalue weighted by atomic mass is 10.2. The van der Waals surface area contributed by atoms with Gasteiger partial charge in [0.1, 0.15) is 18.9 Å². The van der Waals surface area contributed by atoms with Crippen LogP contribution < -0.4 is 14.8 Å². The second-order valence-electron chi connectivity index (χ2n) is 6.85. The average Bonchev–Trinajstić information content (AvgIpc) is 2.73.